The lowest BCUT2D eigenvalue weighted by Crippen LogP contribution is -2.24. The van der Waals surface area contributed by atoms with Crippen molar-refractivity contribution in [3.8, 4) is 5.69 Å². The summed E-state index contributed by atoms with van der Waals surface area (Å²) in [5.41, 5.74) is 0.377. The molecule has 27 heavy (non-hydrogen) atoms. The number of carbonyl (C=O) groups excluding carboxylic acids is 1. The van der Waals surface area contributed by atoms with Crippen LogP contribution in [0.25, 0.3) is 16.7 Å². The van der Waals surface area contributed by atoms with Crippen LogP contribution in [0.15, 0.2) is 72.2 Å². The molecule has 8 heteroatoms. The lowest BCUT2D eigenvalue weighted by molar-refractivity contribution is 0.102. The molecule has 1 aromatic carbocycles. The van der Waals surface area contributed by atoms with E-state index in [-0.39, 0.29) is 16.8 Å². The van der Waals surface area contributed by atoms with E-state index in [4.69, 9.17) is 0 Å². The zero-order valence-corrected chi connectivity index (χ0v) is 13.8. The van der Waals surface area contributed by atoms with Gasteiger partial charge in [-0.3, -0.25) is 14.6 Å². The number of fused-ring (bicyclic) bond motifs is 1. The highest BCUT2D eigenvalue weighted by atomic mass is 19.1. The van der Waals surface area contributed by atoms with Gasteiger partial charge in [0.2, 0.25) is 5.43 Å². The Bertz CT molecular complexity index is 1190. The number of pyridine rings is 2. The predicted molar refractivity (Wildman–Crippen MR) is 97.3 cm³/mol. The van der Waals surface area contributed by atoms with Gasteiger partial charge in [-0.1, -0.05) is 0 Å². The first-order valence-electron chi connectivity index (χ1n) is 7.97. The SMILES string of the molecule is O=C(Nc1cnccn1)c1cn(-c2ccc(F)cc2)c2ncccc2c1=O. The zero-order valence-electron chi connectivity index (χ0n) is 13.8. The van der Waals surface area contributed by atoms with Crippen LogP contribution in [0.5, 0.6) is 0 Å². The number of amides is 1. The molecule has 0 radical (unpaired) electrons. The lowest BCUT2D eigenvalue weighted by atomic mass is 10.1. The number of rotatable bonds is 3. The second-order valence-electron chi connectivity index (χ2n) is 5.64. The highest BCUT2D eigenvalue weighted by Gasteiger charge is 2.17. The molecular formula is C19H12FN5O2. The number of nitrogens with zero attached hydrogens (tertiary/aromatic N) is 4. The van der Waals surface area contributed by atoms with Gasteiger partial charge < -0.3 is 9.88 Å². The fourth-order valence-electron chi connectivity index (χ4n) is 2.67. The molecule has 0 saturated heterocycles. The molecule has 4 aromatic rings. The number of carbonyl (C=O) groups is 1. The number of anilines is 1. The predicted octanol–water partition coefficient (Wildman–Crippen LogP) is 2.57. The van der Waals surface area contributed by atoms with Gasteiger partial charge in [0.05, 0.1) is 11.6 Å². The van der Waals surface area contributed by atoms with Gasteiger partial charge in [-0.15, -0.1) is 0 Å². The normalized spacial score (nSPS) is 10.7. The first-order valence-corrected chi connectivity index (χ1v) is 7.97. The van der Waals surface area contributed by atoms with Crippen LogP contribution in [-0.4, -0.2) is 25.4 Å². The maximum atomic E-state index is 13.3. The summed E-state index contributed by atoms with van der Waals surface area (Å²) in [4.78, 5) is 37.5. The van der Waals surface area contributed by atoms with E-state index in [9.17, 15) is 14.0 Å². The second kappa shape index (κ2) is 6.75. The maximum absolute atomic E-state index is 13.3. The molecule has 0 aliphatic carbocycles. The van der Waals surface area contributed by atoms with E-state index in [1.807, 2.05) is 0 Å². The van der Waals surface area contributed by atoms with Gasteiger partial charge in [-0.05, 0) is 36.4 Å². The molecule has 7 nitrogen and oxygen atoms in total. The Morgan fingerprint density at radius 2 is 1.85 bits per heavy atom. The molecule has 0 aliphatic heterocycles. The van der Waals surface area contributed by atoms with Crippen molar-refractivity contribution >= 4 is 22.8 Å². The van der Waals surface area contributed by atoms with Crippen LogP contribution in [-0.2, 0) is 0 Å². The third kappa shape index (κ3) is 3.15. The Morgan fingerprint density at radius 3 is 2.59 bits per heavy atom. The van der Waals surface area contributed by atoms with E-state index in [2.05, 4.69) is 20.3 Å². The van der Waals surface area contributed by atoms with Crippen LogP contribution in [0.4, 0.5) is 10.2 Å². The highest BCUT2D eigenvalue weighted by Crippen LogP contribution is 2.17. The smallest absolute Gasteiger partial charge is 0.262 e. The topological polar surface area (TPSA) is 89.8 Å². The summed E-state index contributed by atoms with van der Waals surface area (Å²) in [5.74, 6) is -0.790. The molecule has 0 saturated carbocycles. The van der Waals surface area contributed by atoms with Gasteiger partial charge in [0.15, 0.2) is 5.82 Å². The van der Waals surface area contributed by atoms with E-state index in [0.717, 1.165) is 0 Å². The third-order valence-corrected chi connectivity index (χ3v) is 3.92. The van der Waals surface area contributed by atoms with Crippen LogP contribution in [0, 0.1) is 5.82 Å². The Kier molecular flexibility index (Phi) is 4.13. The molecular weight excluding hydrogens is 349 g/mol. The molecule has 0 fully saturated rings. The Hall–Kier alpha value is -3.94. The van der Waals surface area contributed by atoms with Crippen LogP contribution in [0.1, 0.15) is 10.4 Å². The number of aromatic nitrogens is 4. The van der Waals surface area contributed by atoms with Crippen molar-refractivity contribution in [1.82, 2.24) is 19.5 Å². The quantitative estimate of drug-likeness (QED) is 0.606. The van der Waals surface area contributed by atoms with E-state index in [1.165, 1.54) is 49.1 Å². The van der Waals surface area contributed by atoms with Crippen LogP contribution in [0.3, 0.4) is 0 Å². The van der Waals surface area contributed by atoms with E-state index >= 15 is 0 Å². The summed E-state index contributed by atoms with van der Waals surface area (Å²) in [7, 11) is 0. The third-order valence-electron chi connectivity index (χ3n) is 3.92. The number of benzene rings is 1. The molecule has 3 heterocycles. The van der Waals surface area contributed by atoms with E-state index < -0.39 is 17.2 Å². The minimum atomic E-state index is -0.623. The van der Waals surface area contributed by atoms with Crippen LogP contribution in [0.2, 0.25) is 0 Å². The largest absolute Gasteiger partial charge is 0.305 e. The van der Waals surface area contributed by atoms with Gasteiger partial charge >= 0.3 is 0 Å². The Balaban J connectivity index is 1.88. The summed E-state index contributed by atoms with van der Waals surface area (Å²) < 4.78 is 14.8. The summed E-state index contributed by atoms with van der Waals surface area (Å²) >= 11 is 0. The lowest BCUT2D eigenvalue weighted by Gasteiger charge is -2.12. The van der Waals surface area contributed by atoms with E-state index in [0.29, 0.717) is 11.3 Å². The first kappa shape index (κ1) is 16.5. The maximum Gasteiger partial charge on any atom is 0.262 e. The van der Waals surface area contributed by atoms with E-state index in [1.54, 1.807) is 22.9 Å². The van der Waals surface area contributed by atoms with Crippen molar-refractivity contribution in [1.29, 1.82) is 0 Å². The number of nitrogens with one attached hydrogen (secondary N) is 1. The molecule has 0 atom stereocenters. The second-order valence-corrected chi connectivity index (χ2v) is 5.64. The highest BCUT2D eigenvalue weighted by molar-refractivity contribution is 6.05. The van der Waals surface area contributed by atoms with Crippen molar-refractivity contribution in [2.24, 2.45) is 0 Å². The molecule has 132 valence electrons. The van der Waals surface area contributed by atoms with Crippen LogP contribution < -0.4 is 10.7 Å². The molecule has 1 N–H and O–H groups in total. The average molecular weight is 361 g/mol. The molecule has 0 spiro atoms. The Labute approximate surface area is 152 Å². The molecule has 1 amide bonds. The average Bonchev–Trinajstić information content (AvgIpc) is 2.70. The molecule has 0 bridgehead atoms. The number of hydrogen-bond donors (Lipinski definition) is 1. The Morgan fingerprint density at radius 1 is 1.04 bits per heavy atom. The number of halogens is 1. The standard InChI is InChI=1S/C19H12FN5O2/c20-12-3-5-13(6-4-12)25-11-15(17(26)14-2-1-7-23-18(14)25)19(27)24-16-10-21-8-9-22-16/h1-11H,(H,22,24,27). The number of hydrogen-bond acceptors (Lipinski definition) is 5. The summed E-state index contributed by atoms with van der Waals surface area (Å²) in [6.07, 6.45) is 7.20. The van der Waals surface area contributed by atoms with Gasteiger partial charge in [0.1, 0.15) is 17.0 Å². The zero-order chi connectivity index (χ0) is 18.8. The van der Waals surface area contributed by atoms with Gasteiger partial charge in [0.25, 0.3) is 5.91 Å². The van der Waals surface area contributed by atoms with Crippen LogP contribution >= 0.6 is 0 Å². The molecule has 0 unspecified atom stereocenters. The van der Waals surface area contributed by atoms with Gasteiger partial charge in [-0.25, -0.2) is 14.4 Å². The molecule has 4 rings (SSSR count). The summed E-state index contributed by atoms with van der Waals surface area (Å²) in [6.45, 7) is 0. The molecule has 0 aliphatic rings. The first-order chi connectivity index (χ1) is 13.1. The van der Waals surface area contributed by atoms with Gasteiger partial charge in [-0.2, -0.15) is 0 Å². The fourth-order valence-corrected chi connectivity index (χ4v) is 2.67. The van der Waals surface area contributed by atoms with Crippen molar-refractivity contribution in [3.63, 3.8) is 0 Å². The minimum Gasteiger partial charge on any atom is -0.305 e. The van der Waals surface area contributed by atoms with Crippen molar-refractivity contribution in [2.75, 3.05) is 5.32 Å². The summed E-state index contributed by atoms with van der Waals surface area (Å²) in [6, 6.07) is 8.87. The van der Waals surface area contributed by atoms with Crippen molar-refractivity contribution in [2.45, 2.75) is 0 Å². The molecule has 3 aromatic heterocycles. The summed E-state index contributed by atoms with van der Waals surface area (Å²) in [5, 5.41) is 2.82. The van der Waals surface area contributed by atoms with Crippen molar-refractivity contribution < 1.29 is 9.18 Å². The van der Waals surface area contributed by atoms with Gasteiger partial charge in [0, 0.05) is 30.5 Å². The van der Waals surface area contributed by atoms with Crippen molar-refractivity contribution in [3.05, 3.63) is 89.0 Å². The minimum absolute atomic E-state index is 0.0921. The fraction of sp³-hybridized carbons (Fsp3) is 0. The monoisotopic (exact) mass is 361 g/mol.